The van der Waals surface area contributed by atoms with Crippen LogP contribution in [0.25, 0.3) is 22.3 Å². The minimum absolute atomic E-state index is 0.0231. The highest BCUT2D eigenvalue weighted by atomic mass is 16.4. The van der Waals surface area contributed by atoms with E-state index in [1.165, 1.54) is 17.8 Å². The van der Waals surface area contributed by atoms with Crippen LogP contribution in [0.3, 0.4) is 0 Å². The van der Waals surface area contributed by atoms with Gasteiger partial charge in [-0.3, -0.25) is 9.48 Å². The number of nitrogens with zero attached hydrogens (tertiary/aromatic N) is 3. The SMILES string of the molecule is CCC(C)c1cccc2c3n(nc12)CC(C(C)(C)C)n1cc(C(=O)O)c(=O)cc1-3. The second-order valence-corrected chi connectivity index (χ2v) is 9.11. The van der Waals surface area contributed by atoms with Crippen LogP contribution in [0.5, 0.6) is 0 Å². The number of rotatable bonds is 3. The number of aromatic carboxylic acids is 1. The Balaban J connectivity index is 2.07. The Morgan fingerprint density at radius 1 is 1.34 bits per heavy atom. The van der Waals surface area contributed by atoms with E-state index in [0.717, 1.165) is 28.7 Å². The molecule has 3 heterocycles. The lowest BCUT2D eigenvalue weighted by molar-refractivity contribution is 0.0693. The molecule has 0 spiro atoms. The number of hydrogen-bond acceptors (Lipinski definition) is 3. The first kappa shape index (κ1) is 19.4. The third kappa shape index (κ3) is 2.98. The molecule has 2 atom stereocenters. The zero-order valence-corrected chi connectivity index (χ0v) is 17.6. The van der Waals surface area contributed by atoms with E-state index in [-0.39, 0.29) is 17.0 Å². The third-order valence-electron chi connectivity index (χ3n) is 6.18. The standard InChI is InChI=1S/C23H27N3O3/c1-6-13(2)14-8-7-9-15-20(14)24-26-12-19(23(3,4)5)25-11-16(22(28)29)18(27)10-17(25)21(15)26/h7-11,13,19H,6,12H2,1-5H3,(H,28,29). The molecule has 1 aliphatic rings. The molecule has 1 N–H and O–H groups in total. The Morgan fingerprint density at radius 2 is 2.07 bits per heavy atom. The van der Waals surface area contributed by atoms with E-state index in [2.05, 4.69) is 40.7 Å². The van der Waals surface area contributed by atoms with Crippen molar-refractivity contribution in [2.45, 2.75) is 59.5 Å². The van der Waals surface area contributed by atoms with Gasteiger partial charge in [0.2, 0.25) is 0 Å². The van der Waals surface area contributed by atoms with E-state index in [1.807, 2.05) is 21.4 Å². The minimum atomic E-state index is -1.19. The van der Waals surface area contributed by atoms with Gasteiger partial charge in [0.1, 0.15) is 5.56 Å². The average Bonchev–Trinajstić information content (AvgIpc) is 3.04. The summed E-state index contributed by atoms with van der Waals surface area (Å²) in [6.45, 7) is 11.4. The molecule has 29 heavy (non-hydrogen) atoms. The fraction of sp³-hybridized carbons (Fsp3) is 0.435. The highest BCUT2D eigenvalue weighted by molar-refractivity contribution is 5.95. The molecule has 0 radical (unpaired) electrons. The van der Waals surface area contributed by atoms with Gasteiger partial charge in [-0.15, -0.1) is 0 Å². The van der Waals surface area contributed by atoms with E-state index in [4.69, 9.17) is 5.10 Å². The topological polar surface area (TPSA) is 77.1 Å². The van der Waals surface area contributed by atoms with Gasteiger partial charge in [-0.05, 0) is 23.3 Å². The molecule has 0 aliphatic carbocycles. The highest BCUT2D eigenvalue weighted by Gasteiger charge is 2.35. The van der Waals surface area contributed by atoms with E-state index >= 15 is 0 Å². The predicted molar refractivity (Wildman–Crippen MR) is 114 cm³/mol. The molecule has 2 aromatic heterocycles. The first-order chi connectivity index (χ1) is 13.6. The van der Waals surface area contributed by atoms with Crippen molar-refractivity contribution in [2.75, 3.05) is 0 Å². The number of hydrogen-bond donors (Lipinski definition) is 1. The summed E-state index contributed by atoms with van der Waals surface area (Å²) in [5, 5.41) is 15.4. The molecule has 4 rings (SSSR count). The van der Waals surface area contributed by atoms with Crippen LogP contribution in [0.15, 0.2) is 35.3 Å². The van der Waals surface area contributed by atoms with Crippen LogP contribution in [0.2, 0.25) is 0 Å². The summed E-state index contributed by atoms with van der Waals surface area (Å²) in [7, 11) is 0. The van der Waals surface area contributed by atoms with Gasteiger partial charge in [0.15, 0.2) is 5.43 Å². The minimum Gasteiger partial charge on any atom is -0.477 e. The summed E-state index contributed by atoms with van der Waals surface area (Å²) < 4.78 is 3.97. The normalized spacial score (nSPS) is 17.1. The Hall–Kier alpha value is -2.89. The van der Waals surface area contributed by atoms with Crippen LogP contribution in [-0.2, 0) is 6.54 Å². The number of carboxylic acid groups (broad SMARTS) is 1. The Labute approximate surface area is 169 Å². The molecule has 0 fully saturated rings. The van der Waals surface area contributed by atoms with Crippen LogP contribution in [-0.4, -0.2) is 25.4 Å². The molecule has 152 valence electrons. The highest BCUT2D eigenvalue weighted by Crippen LogP contribution is 2.42. The number of pyridine rings is 1. The Morgan fingerprint density at radius 3 is 2.69 bits per heavy atom. The van der Waals surface area contributed by atoms with Crippen molar-refractivity contribution in [3.05, 3.63) is 51.8 Å². The maximum Gasteiger partial charge on any atom is 0.341 e. The maximum absolute atomic E-state index is 12.6. The van der Waals surface area contributed by atoms with Gasteiger partial charge in [0.25, 0.3) is 0 Å². The molecule has 6 heteroatoms. The number of aromatic nitrogens is 3. The lowest BCUT2D eigenvalue weighted by atomic mass is 9.84. The quantitative estimate of drug-likeness (QED) is 0.701. The van der Waals surface area contributed by atoms with Gasteiger partial charge >= 0.3 is 5.97 Å². The maximum atomic E-state index is 12.6. The van der Waals surface area contributed by atoms with Crippen molar-refractivity contribution in [3.8, 4) is 11.4 Å². The predicted octanol–water partition coefficient (Wildman–Crippen LogP) is 4.68. The van der Waals surface area contributed by atoms with Crippen molar-refractivity contribution in [2.24, 2.45) is 5.41 Å². The molecule has 6 nitrogen and oxygen atoms in total. The van der Waals surface area contributed by atoms with Crippen LogP contribution in [0.1, 0.15) is 68.9 Å². The fourth-order valence-corrected chi connectivity index (χ4v) is 4.29. The number of carbonyl (C=O) groups is 1. The summed E-state index contributed by atoms with van der Waals surface area (Å²) in [5.41, 5.74) is 2.98. The molecule has 2 unspecified atom stereocenters. The van der Waals surface area contributed by atoms with Crippen molar-refractivity contribution >= 4 is 16.9 Å². The summed E-state index contributed by atoms with van der Waals surface area (Å²) in [4.78, 5) is 24.1. The van der Waals surface area contributed by atoms with Gasteiger partial charge in [-0.25, -0.2) is 4.79 Å². The summed E-state index contributed by atoms with van der Waals surface area (Å²) >= 11 is 0. The molecule has 0 bridgehead atoms. The van der Waals surface area contributed by atoms with E-state index in [9.17, 15) is 14.7 Å². The van der Waals surface area contributed by atoms with Crippen LogP contribution < -0.4 is 5.43 Å². The van der Waals surface area contributed by atoms with Crippen molar-refractivity contribution in [1.82, 2.24) is 14.3 Å². The number of fused-ring (bicyclic) bond motifs is 5. The van der Waals surface area contributed by atoms with Crippen molar-refractivity contribution in [1.29, 1.82) is 0 Å². The number of benzene rings is 1. The second kappa shape index (κ2) is 6.58. The first-order valence-corrected chi connectivity index (χ1v) is 10.1. The molecule has 3 aromatic rings. The van der Waals surface area contributed by atoms with Crippen LogP contribution in [0.4, 0.5) is 0 Å². The summed E-state index contributed by atoms with van der Waals surface area (Å²) in [6, 6.07) is 7.64. The molecule has 1 aromatic carbocycles. The van der Waals surface area contributed by atoms with Gasteiger partial charge in [-0.2, -0.15) is 5.10 Å². The lowest BCUT2D eigenvalue weighted by Crippen LogP contribution is -2.35. The Kier molecular flexibility index (Phi) is 4.41. The molecule has 0 saturated carbocycles. The summed E-state index contributed by atoms with van der Waals surface area (Å²) in [6.07, 6.45) is 2.53. The number of carboxylic acids is 1. The van der Waals surface area contributed by atoms with Gasteiger partial charge in [0, 0.05) is 17.6 Å². The van der Waals surface area contributed by atoms with Crippen LogP contribution >= 0.6 is 0 Å². The molecular weight excluding hydrogens is 366 g/mol. The van der Waals surface area contributed by atoms with E-state index in [0.29, 0.717) is 12.5 Å². The molecule has 1 aliphatic heterocycles. The van der Waals surface area contributed by atoms with Crippen molar-refractivity contribution in [3.63, 3.8) is 0 Å². The zero-order valence-electron chi connectivity index (χ0n) is 17.6. The molecule has 0 amide bonds. The van der Waals surface area contributed by atoms with Gasteiger partial charge in [-0.1, -0.05) is 52.8 Å². The second-order valence-electron chi connectivity index (χ2n) is 9.11. The van der Waals surface area contributed by atoms with E-state index in [1.54, 1.807) is 0 Å². The van der Waals surface area contributed by atoms with E-state index < -0.39 is 11.4 Å². The van der Waals surface area contributed by atoms with Crippen LogP contribution in [0, 0.1) is 5.41 Å². The van der Waals surface area contributed by atoms with Gasteiger partial charge in [0.05, 0.1) is 29.5 Å². The largest absolute Gasteiger partial charge is 0.477 e. The first-order valence-electron chi connectivity index (χ1n) is 10.1. The fourth-order valence-electron chi connectivity index (χ4n) is 4.29. The lowest BCUT2D eigenvalue weighted by Gasteiger charge is -2.38. The molecule has 0 saturated heterocycles. The van der Waals surface area contributed by atoms with Gasteiger partial charge < -0.3 is 9.67 Å². The monoisotopic (exact) mass is 393 g/mol. The smallest absolute Gasteiger partial charge is 0.341 e. The van der Waals surface area contributed by atoms with Crippen molar-refractivity contribution < 1.29 is 9.90 Å². The average molecular weight is 393 g/mol. The summed E-state index contributed by atoms with van der Waals surface area (Å²) in [5.74, 6) is -0.813. The zero-order chi connectivity index (χ0) is 21.1. The third-order valence-corrected chi connectivity index (χ3v) is 6.18. The Bertz CT molecular complexity index is 1180. The molecular formula is C23H27N3O3.